The van der Waals surface area contributed by atoms with E-state index in [0.29, 0.717) is 6.29 Å². The lowest BCUT2D eigenvalue weighted by molar-refractivity contribution is -0.138. The van der Waals surface area contributed by atoms with Gasteiger partial charge < -0.3 is 9.53 Å². The summed E-state index contributed by atoms with van der Waals surface area (Å²) in [5, 5.41) is 8.84. The van der Waals surface area contributed by atoms with Gasteiger partial charge in [-0.25, -0.2) is 4.79 Å². The summed E-state index contributed by atoms with van der Waals surface area (Å²) in [5.41, 5.74) is -2.07. The van der Waals surface area contributed by atoms with Gasteiger partial charge in [-0.3, -0.25) is 4.90 Å². The van der Waals surface area contributed by atoms with Crippen LogP contribution in [0.25, 0.3) is 0 Å². The predicted molar refractivity (Wildman–Crippen MR) is 69.2 cm³/mol. The van der Waals surface area contributed by atoms with Crippen LogP contribution in [-0.4, -0.2) is 24.5 Å². The number of rotatable bonds is 2. The summed E-state index contributed by atoms with van der Waals surface area (Å²) >= 11 is 0. The molecule has 5 nitrogen and oxygen atoms in total. The van der Waals surface area contributed by atoms with Crippen LogP contribution in [0.15, 0.2) is 12.1 Å². The maximum atomic E-state index is 13.2. The Hall–Kier alpha value is -2.56. The number of nitriles is 1. The number of aldehydes is 1. The second-order valence-corrected chi connectivity index (χ2v) is 4.83. The highest BCUT2D eigenvalue weighted by molar-refractivity contribution is 5.96. The quantitative estimate of drug-likeness (QED) is 0.787. The van der Waals surface area contributed by atoms with Crippen LogP contribution < -0.4 is 4.90 Å². The molecule has 0 spiro atoms. The van der Waals surface area contributed by atoms with Gasteiger partial charge in [0.15, 0.2) is 0 Å². The first-order valence-electron chi connectivity index (χ1n) is 6.28. The third kappa shape index (κ3) is 2.39. The lowest BCUT2D eigenvalue weighted by Gasteiger charge is -2.23. The van der Waals surface area contributed by atoms with Crippen molar-refractivity contribution in [2.45, 2.75) is 32.2 Å². The minimum Gasteiger partial charge on any atom is -0.443 e. The Morgan fingerprint density at radius 3 is 2.55 bits per heavy atom. The molecule has 2 rings (SSSR count). The van der Waals surface area contributed by atoms with Gasteiger partial charge in [0.2, 0.25) is 0 Å². The molecule has 1 aliphatic heterocycles. The fraction of sp³-hybridized carbons (Fsp3) is 0.357. The Bertz CT molecular complexity index is 679. The zero-order chi connectivity index (χ0) is 16.7. The number of nitrogens with zero attached hydrogens (tertiary/aromatic N) is 2. The van der Waals surface area contributed by atoms with Crippen molar-refractivity contribution in [1.29, 1.82) is 5.26 Å². The van der Waals surface area contributed by atoms with Crippen molar-refractivity contribution in [3.05, 3.63) is 28.8 Å². The standard InChI is InChI=1S/C14H11F3N2O3/c1-7-10(19-11(6-20)8(2)22-13(19)21)4-3-9(5-18)12(7)14(15,16)17/h3-4,6,8,11H,1-2H3/t8-,11?/m0/s1. The molecule has 0 aromatic heterocycles. The van der Waals surface area contributed by atoms with Gasteiger partial charge in [-0.2, -0.15) is 18.4 Å². The molecule has 1 fully saturated rings. The van der Waals surface area contributed by atoms with Crippen LogP contribution in [-0.2, 0) is 15.7 Å². The largest absolute Gasteiger partial charge is 0.443 e. The first-order valence-corrected chi connectivity index (χ1v) is 6.28. The minimum atomic E-state index is -4.75. The maximum absolute atomic E-state index is 13.2. The molecule has 8 heteroatoms. The van der Waals surface area contributed by atoms with Gasteiger partial charge in [0.25, 0.3) is 0 Å². The van der Waals surface area contributed by atoms with Crippen molar-refractivity contribution in [2.75, 3.05) is 4.90 Å². The number of anilines is 1. The number of alkyl halides is 3. The van der Waals surface area contributed by atoms with Crippen LogP contribution in [0, 0.1) is 18.3 Å². The SMILES string of the molecule is Cc1c(N2C(=O)O[C@@H](C)C2C=O)ccc(C#N)c1C(F)(F)F. The van der Waals surface area contributed by atoms with Crippen LogP contribution in [0.2, 0.25) is 0 Å². The van der Waals surface area contributed by atoms with Gasteiger partial charge in [0.05, 0.1) is 22.9 Å². The van der Waals surface area contributed by atoms with E-state index in [0.717, 1.165) is 17.9 Å². The third-order valence-corrected chi connectivity index (χ3v) is 3.50. The average Bonchev–Trinajstić information content (AvgIpc) is 2.70. The van der Waals surface area contributed by atoms with Crippen molar-refractivity contribution in [3.63, 3.8) is 0 Å². The topological polar surface area (TPSA) is 70.4 Å². The van der Waals surface area contributed by atoms with Crippen LogP contribution in [0.4, 0.5) is 23.7 Å². The number of halogens is 3. The number of cyclic esters (lactones) is 1. The Morgan fingerprint density at radius 1 is 1.41 bits per heavy atom. The first-order chi connectivity index (χ1) is 10.2. The molecule has 1 amide bonds. The van der Waals surface area contributed by atoms with Crippen molar-refractivity contribution >= 4 is 18.1 Å². The van der Waals surface area contributed by atoms with Gasteiger partial charge in [0, 0.05) is 0 Å². The smallest absolute Gasteiger partial charge is 0.418 e. The van der Waals surface area contributed by atoms with Gasteiger partial charge in [-0.15, -0.1) is 0 Å². The summed E-state index contributed by atoms with van der Waals surface area (Å²) in [6, 6.07) is 2.65. The summed E-state index contributed by atoms with van der Waals surface area (Å²) in [6.45, 7) is 2.62. The molecule has 1 unspecified atom stereocenters. The highest BCUT2D eigenvalue weighted by Crippen LogP contribution is 2.39. The van der Waals surface area contributed by atoms with E-state index in [1.165, 1.54) is 19.1 Å². The second kappa shape index (κ2) is 5.33. The molecule has 2 atom stereocenters. The number of hydrogen-bond acceptors (Lipinski definition) is 4. The number of hydrogen-bond donors (Lipinski definition) is 0. The Kier molecular flexibility index (Phi) is 3.83. The summed E-state index contributed by atoms with van der Waals surface area (Å²) in [5.74, 6) is 0. The van der Waals surface area contributed by atoms with E-state index in [4.69, 9.17) is 10.00 Å². The van der Waals surface area contributed by atoms with Gasteiger partial charge in [0.1, 0.15) is 18.4 Å². The Balaban J connectivity index is 2.66. The Labute approximate surface area is 123 Å². The molecule has 22 heavy (non-hydrogen) atoms. The molecule has 0 N–H and O–H groups in total. The number of amides is 1. The van der Waals surface area contributed by atoms with E-state index in [1.807, 2.05) is 0 Å². The van der Waals surface area contributed by atoms with Crippen molar-refractivity contribution in [2.24, 2.45) is 0 Å². The molecule has 0 bridgehead atoms. The van der Waals surface area contributed by atoms with E-state index < -0.39 is 35.5 Å². The fourth-order valence-corrected chi connectivity index (χ4v) is 2.47. The number of benzene rings is 1. The van der Waals surface area contributed by atoms with Crippen LogP contribution >= 0.6 is 0 Å². The molecule has 1 saturated heterocycles. The molecule has 0 aliphatic carbocycles. The van der Waals surface area contributed by atoms with E-state index in [9.17, 15) is 22.8 Å². The van der Waals surface area contributed by atoms with E-state index in [-0.39, 0.29) is 11.3 Å². The van der Waals surface area contributed by atoms with Crippen molar-refractivity contribution in [3.8, 4) is 6.07 Å². The van der Waals surface area contributed by atoms with E-state index in [1.54, 1.807) is 0 Å². The highest BCUT2D eigenvalue weighted by Gasteiger charge is 2.43. The van der Waals surface area contributed by atoms with Gasteiger partial charge in [-0.1, -0.05) is 0 Å². The molecule has 0 radical (unpaired) electrons. The minimum absolute atomic E-state index is 0.0993. The van der Waals surface area contributed by atoms with Crippen molar-refractivity contribution in [1.82, 2.24) is 0 Å². The molecule has 1 aromatic carbocycles. The second-order valence-electron chi connectivity index (χ2n) is 4.83. The summed E-state index contributed by atoms with van der Waals surface area (Å²) < 4.78 is 44.4. The molecule has 1 heterocycles. The van der Waals surface area contributed by atoms with Gasteiger partial charge >= 0.3 is 12.3 Å². The monoisotopic (exact) mass is 312 g/mol. The third-order valence-electron chi connectivity index (χ3n) is 3.50. The van der Waals surface area contributed by atoms with E-state index in [2.05, 4.69) is 0 Å². The zero-order valence-electron chi connectivity index (χ0n) is 11.6. The Morgan fingerprint density at radius 2 is 2.05 bits per heavy atom. The lowest BCUT2D eigenvalue weighted by Crippen LogP contribution is -2.37. The molecule has 0 saturated carbocycles. The fourth-order valence-electron chi connectivity index (χ4n) is 2.47. The molecule has 1 aromatic rings. The van der Waals surface area contributed by atoms with Gasteiger partial charge in [-0.05, 0) is 31.5 Å². The van der Waals surface area contributed by atoms with Crippen LogP contribution in [0.5, 0.6) is 0 Å². The summed E-state index contributed by atoms with van der Waals surface area (Å²) in [6.07, 6.45) is -5.97. The van der Waals surface area contributed by atoms with E-state index >= 15 is 0 Å². The first kappa shape index (κ1) is 15.8. The molecular formula is C14H11F3N2O3. The summed E-state index contributed by atoms with van der Waals surface area (Å²) in [7, 11) is 0. The lowest BCUT2D eigenvalue weighted by atomic mass is 9.99. The summed E-state index contributed by atoms with van der Waals surface area (Å²) in [4.78, 5) is 23.8. The number of carbonyl (C=O) groups is 2. The molecular weight excluding hydrogens is 301 g/mol. The maximum Gasteiger partial charge on any atom is 0.418 e. The van der Waals surface area contributed by atoms with Crippen molar-refractivity contribution < 1.29 is 27.5 Å². The number of carbonyl (C=O) groups excluding carboxylic acids is 2. The normalized spacial score (nSPS) is 21.5. The highest BCUT2D eigenvalue weighted by atomic mass is 19.4. The van der Waals surface area contributed by atoms with Crippen LogP contribution in [0.3, 0.4) is 0 Å². The predicted octanol–water partition coefficient (Wildman–Crippen LogP) is 2.80. The average molecular weight is 312 g/mol. The van der Waals surface area contributed by atoms with Crippen LogP contribution in [0.1, 0.15) is 23.6 Å². The molecule has 1 aliphatic rings. The molecule has 116 valence electrons. The number of ether oxygens (including phenoxy) is 1. The zero-order valence-corrected chi connectivity index (χ0v) is 11.6.